The maximum Gasteiger partial charge on any atom is 0.255 e. The smallest absolute Gasteiger partial charge is 0.255 e. The highest BCUT2D eigenvalue weighted by atomic mass is 16.4. The van der Waals surface area contributed by atoms with Gasteiger partial charge in [0.05, 0.1) is 40.7 Å². The molecule has 1 saturated carbocycles. The Bertz CT molecular complexity index is 1180. The minimum atomic E-state index is -3.02. The quantitative estimate of drug-likeness (QED) is 0.257. The van der Waals surface area contributed by atoms with Crippen molar-refractivity contribution in [1.29, 1.82) is 0 Å². The average Bonchev–Trinajstić information content (AvgIpc) is 2.70. The maximum atomic E-state index is 13.7. The molecular formula is C22H24N2O9. The Kier molecular flexibility index (Phi) is 4.78. The van der Waals surface area contributed by atoms with E-state index in [2.05, 4.69) is 0 Å². The Hall–Kier alpha value is -3.25. The number of carbonyl (C=O) groups excluding carboxylic acids is 3. The first-order chi connectivity index (χ1) is 15.2. The number of carbonyl (C=O) groups is 3. The van der Waals surface area contributed by atoms with Crippen LogP contribution < -0.4 is 5.73 Å². The number of ketones is 2. The summed E-state index contributed by atoms with van der Waals surface area (Å²) in [5.41, 5.74) is -1.78. The predicted molar refractivity (Wildman–Crippen MR) is 112 cm³/mol. The Morgan fingerprint density at radius 2 is 1.73 bits per heavy atom. The highest BCUT2D eigenvalue weighted by Gasteiger charge is 2.70. The summed E-state index contributed by atoms with van der Waals surface area (Å²) in [6, 6.07) is 2.50. The molecule has 176 valence electrons. The number of phenols is 1. The lowest BCUT2D eigenvalue weighted by atomic mass is 9.53. The highest BCUT2D eigenvalue weighted by Crippen LogP contribution is 2.57. The molecule has 3 aliphatic rings. The van der Waals surface area contributed by atoms with E-state index >= 15 is 0 Å². The summed E-state index contributed by atoms with van der Waals surface area (Å²) in [6.07, 6.45) is -1.87. The summed E-state index contributed by atoms with van der Waals surface area (Å²) >= 11 is 0. The molecule has 1 amide bonds. The van der Waals surface area contributed by atoms with Crippen LogP contribution in [0.15, 0.2) is 35.1 Å². The third-order valence-electron chi connectivity index (χ3n) is 7.03. The van der Waals surface area contributed by atoms with Crippen LogP contribution in [0, 0.1) is 11.8 Å². The van der Waals surface area contributed by atoms with Crippen LogP contribution >= 0.6 is 0 Å². The minimum Gasteiger partial charge on any atom is -0.508 e. The first-order valence-corrected chi connectivity index (χ1v) is 10.1. The normalized spacial score (nSPS) is 36.0. The van der Waals surface area contributed by atoms with Gasteiger partial charge >= 0.3 is 0 Å². The second-order valence-corrected chi connectivity index (χ2v) is 9.06. The average molecular weight is 460 g/mol. The van der Waals surface area contributed by atoms with Gasteiger partial charge in [0.25, 0.3) is 5.91 Å². The lowest BCUT2D eigenvalue weighted by Crippen LogP contribution is -2.71. The molecule has 0 aliphatic heterocycles. The molecule has 0 radical (unpaired) electrons. The van der Waals surface area contributed by atoms with Crippen LogP contribution in [0.1, 0.15) is 18.1 Å². The van der Waals surface area contributed by atoms with E-state index in [9.17, 15) is 45.0 Å². The number of aliphatic hydroxyl groups is 5. The zero-order chi connectivity index (χ0) is 24.8. The zero-order valence-corrected chi connectivity index (χ0v) is 18.0. The van der Waals surface area contributed by atoms with Gasteiger partial charge < -0.3 is 36.4 Å². The van der Waals surface area contributed by atoms with Crippen LogP contribution in [0.3, 0.4) is 0 Å². The SMILES string of the molecule is CN(C)C1C(=O)C(C(N)=O)=C(O)[C@@]2(O)C(=O)C3=C(O)c4c(O)cccc4[C@@](C)(O)[C@@H]3[C@H](O)[C@H]12. The number of aliphatic hydroxyl groups excluding tert-OH is 3. The first-order valence-electron chi connectivity index (χ1n) is 10.1. The van der Waals surface area contributed by atoms with Crippen LogP contribution in [0.25, 0.3) is 5.76 Å². The molecule has 4 rings (SSSR count). The number of primary amides is 1. The van der Waals surface area contributed by atoms with Gasteiger partial charge in [-0.25, -0.2) is 0 Å². The number of amides is 1. The number of rotatable bonds is 2. The van der Waals surface area contributed by atoms with Crippen molar-refractivity contribution >= 4 is 23.2 Å². The van der Waals surface area contributed by atoms with E-state index in [0.717, 1.165) is 0 Å². The number of hydrogen-bond donors (Lipinski definition) is 7. The van der Waals surface area contributed by atoms with Gasteiger partial charge in [-0.05, 0) is 32.6 Å². The molecule has 11 nitrogen and oxygen atoms in total. The molecular weight excluding hydrogens is 436 g/mol. The summed E-state index contributed by atoms with van der Waals surface area (Å²) in [4.78, 5) is 39.9. The topological polar surface area (TPSA) is 202 Å². The molecule has 3 aliphatic carbocycles. The van der Waals surface area contributed by atoms with Gasteiger partial charge in [0.2, 0.25) is 5.78 Å². The van der Waals surface area contributed by atoms with Gasteiger partial charge in [0, 0.05) is 0 Å². The molecule has 1 unspecified atom stereocenters. The summed E-state index contributed by atoms with van der Waals surface area (Å²) in [6.45, 7) is 1.25. The maximum absolute atomic E-state index is 13.7. The Balaban J connectivity index is 2.11. The van der Waals surface area contributed by atoms with E-state index in [1.807, 2.05) is 0 Å². The summed E-state index contributed by atoms with van der Waals surface area (Å²) < 4.78 is 0. The van der Waals surface area contributed by atoms with Gasteiger partial charge in [-0.3, -0.25) is 19.3 Å². The van der Waals surface area contributed by atoms with E-state index in [4.69, 9.17) is 5.73 Å². The Morgan fingerprint density at radius 3 is 2.27 bits per heavy atom. The first kappa shape index (κ1) is 22.9. The minimum absolute atomic E-state index is 0.00664. The van der Waals surface area contributed by atoms with Crippen LogP contribution in [0.4, 0.5) is 0 Å². The van der Waals surface area contributed by atoms with Crippen LogP contribution in [-0.2, 0) is 20.0 Å². The molecule has 0 saturated heterocycles. The van der Waals surface area contributed by atoms with Crippen LogP contribution in [-0.4, -0.2) is 84.9 Å². The number of aromatic hydroxyl groups is 1. The van der Waals surface area contributed by atoms with Gasteiger partial charge in [-0.1, -0.05) is 12.1 Å². The van der Waals surface area contributed by atoms with Crippen molar-refractivity contribution in [3.63, 3.8) is 0 Å². The molecule has 11 heteroatoms. The van der Waals surface area contributed by atoms with Gasteiger partial charge in [-0.2, -0.15) is 0 Å². The molecule has 33 heavy (non-hydrogen) atoms. The lowest BCUT2D eigenvalue weighted by molar-refractivity contribution is -0.181. The van der Waals surface area contributed by atoms with Crippen LogP contribution in [0.5, 0.6) is 5.75 Å². The zero-order valence-electron chi connectivity index (χ0n) is 18.0. The largest absolute Gasteiger partial charge is 0.508 e. The van der Waals surface area contributed by atoms with E-state index in [1.54, 1.807) is 0 Å². The van der Waals surface area contributed by atoms with Crippen molar-refractivity contribution in [2.45, 2.75) is 30.3 Å². The molecule has 0 spiro atoms. The van der Waals surface area contributed by atoms with Crippen LogP contribution in [0.2, 0.25) is 0 Å². The van der Waals surface area contributed by atoms with Gasteiger partial charge in [0.1, 0.15) is 22.8 Å². The standard InChI is InChI=1S/C22H24N2O9/c1-21(32)7-5-4-6-8(25)9(7)15(26)10-12(21)17(28)13-14(24(2)3)16(27)11(20(23)31)19(30)22(13,33)18(10)29/h4-6,12-14,17,25-26,28,30,32-33H,1-3H3,(H2,23,31)/t12-,13-,14?,17-,21+,22-/m0/s1. The molecule has 8 N–H and O–H groups in total. The third-order valence-corrected chi connectivity index (χ3v) is 7.03. The van der Waals surface area contributed by atoms with Crippen molar-refractivity contribution in [2.24, 2.45) is 17.6 Å². The van der Waals surface area contributed by atoms with Crippen molar-refractivity contribution in [2.75, 3.05) is 14.1 Å². The molecule has 6 atom stereocenters. The number of likely N-dealkylation sites (N-methyl/N-ethyl adjacent to an activating group) is 1. The van der Waals surface area contributed by atoms with Crippen molar-refractivity contribution in [1.82, 2.24) is 4.90 Å². The Labute approximate surface area is 187 Å². The molecule has 1 fully saturated rings. The van der Waals surface area contributed by atoms with E-state index in [-0.39, 0.29) is 11.1 Å². The molecule has 0 heterocycles. The highest BCUT2D eigenvalue weighted by molar-refractivity contribution is 6.24. The predicted octanol–water partition coefficient (Wildman–Crippen LogP) is -1.40. The summed E-state index contributed by atoms with van der Waals surface area (Å²) in [5.74, 6) is -9.67. The number of benzene rings is 1. The monoisotopic (exact) mass is 460 g/mol. The number of fused-ring (bicyclic) bond motifs is 3. The number of hydrogen-bond acceptors (Lipinski definition) is 10. The number of nitrogens with zero attached hydrogens (tertiary/aromatic N) is 1. The number of nitrogens with two attached hydrogens (primary N) is 1. The van der Waals surface area contributed by atoms with Gasteiger partial charge in [0.15, 0.2) is 11.4 Å². The fourth-order valence-corrected chi connectivity index (χ4v) is 5.60. The molecule has 1 aromatic rings. The summed E-state index contributed by atoms with van der Waals surface area (Å²) in [7, 11) is 2.80. The lowest BCUT2D eigenvalue weighted by Gasteiger charge is -2.55. The molecule has 1 aromatic carbocycles. The molecule has 0 bridgehead atoms. The van der Waals surface area contributed by atoms with E-state index in [0.29, 0.717) is 0 Å². The fourth-order valence-electron chi connectivity index (χ4n) is 5.60. The van der Waals surface area contributed by atoms with E-state index in [1.165, 1.54) is 44.1 Å². The van der Waals surface area contributed by atoms with Gasteiger partial charge in [-0.15, -0.1) is 0 Å². The van der Waals surface area contributed by atoms with Crippen molar-refractivity contribution in [3.8, 4) is 5.75 Å². The van der Waals surface area contributed by atoms with Crippen molar-refractivity contribution in [3.05, 3.63) is 46.2 Å². The second-order valence-electron chi connectivity index (χ2n) is 9.06. The second kappa shape index (κ2) is 6.87. The summed E-state index contributed by atoms with van der Waals surface area (Å²) in [5, 5.41) is 66.3. The molecule has 0 aromatic heterocycles. The number of phenolic OH excluding ortho intramolecular Hbond substituents is 1. The third kappa shape index (κ3) is 2.61. The van der Waals surface area contributed by atoms with Crippen molar-refractivity contribution < 1.29 is 45.0 Å². The Morgan fingerprint density at radius 1 is 1.12 bits per heavy atom. The fraction of sp³-hybridized carbons (Fsp3) is 0.409. The van der Waals surface area contributed by atoms with E-state index < -0.39 is 81.1 Å². The number of Topliss-reactive ketones (excluding diaryl/α,β-unsaturated/α-hetero) is 2.